The van der Waals surface area contributed by atoms with E-state index in [0.29, 0.717) is 13.2 Å². The highest BCUT2D eigenvalue weighted by atomic mass is 28.5. The van der Waals surface area contributed by atoms with Crippen molar-refractivity contribution in [3.8, 4) is 0 Å². The SMILES string of the molecule is C=CCO[C@H]1C(O)O[C@@H]2CO[Si](C(C)C)(C(C)C)O[Si](C(C)C)(C(C)C)O[C@H]21. The predicted molar refractivity (Wildman–Crippen MR) is 115 cm³/mol. The maximum absolute atomic E-state index is 10.5. The summed E-state index contributed by atoms with van der Waals surface area (Å²) in [6, 6.07) is 0. The molecule has 8 heteroatoms. The van der Waals surface area contributed by atoms with Crippen LogP contribution in [0.1, 0.15) is 55.4 Å². The zero-order valence-electron chi connectivity index (χ0n) is 18.8. The highest BCUT2D eigenvalue weighted by molar-refractivity contribution is 6.83. The summed E-state index contributed by atoms with van der Waals surface area (Å²) in [7, 11) is -5.33. The van der Waals surface area contributed by atoms with Crippen LogP contribution in [-0.2, 0) is 22.4 Å². The molecule has 0 aromatic heterocycles. The lowest BCUT2D eigenvalue weighted by Crippen LogP contribution is -2.66. The van der Waals surface area contributed by atoms with E-state index in [9.17, 15) is 5.11 Å². The maximum Gasteiger partial charge on any atom is 0.335 e. The highest BCUT2D eigenvalue weighted by Gasteiger charge is 2.61. The van der Waals surface area contributed by atoms with Crippen molar-refractivity contribution >= 4 is 17.1 Å². The van der Waals surface area contributed by atoms with Gasteiger partial charge >= 0.3 is 17.1 Å². The van der Waals surface area contributed by atoms with Crippen LogP contribution in [0.25, 0.3) is 0 Å². The van der Waals surface area contributed by atoms with Crippen molar-refractivity contribution in [2.75, 3.05) is 13.2 Å². The molecule has 0 saturated carbocycles. The van der Waals surface area contributed by atoms with Crippen molar-refractivity contribution in [2.45, 2.75) is 102 Å². The Kier molecular flexibility index (Phi) is 8.11. The number of hydrogen-bond donors (Lipinski definition) is 1. The van der Waals surface area contributed by atoms with E-state index in [4.69, 9.17) is 22.4 Å². The Morgan fingerprint density at radius 1 is 1.00 bits per heavy atom. The molecule has 0 bridgehead atoms. The molecule has 2 fully saturated rings. The molecule has 2 rings (SSSR count). The average molecular weight is 433 g/mol. The molecular weight excluding hydrogens is 392 g/mol. The van der Waals surface area contributed by atoms with E-state index in [1.807, 2.05) is 0 Å². The van der Waals surface area contributed by atoms with Gasteiger partial charge in [-0.15, -0.1) is 6.58 Å². The van der Waals surface area contributed by atoms with Crippen LogP contribution < -0.4 is 0 Å². The van der Waals surface area contributed by atoms with Crippen LogP contribution in [0.4, 0.5) is 0 Å². The summed E-state index contributed by atoms with van der Waals surface area (Å²) >= 11 is 0. The molecule has 6 nitrogen and oxygen atoms in total. The summed E-state index contributed by atoms with van der Waals surface area (Å²) < 4.78 is 32.3. The molecule has 1 unspecified atom stereocenters. The van der Waals surface area contributed by atoms with Gasteiger partial charge in [0.15, 0.2) is 6.29 Å². The first-order chi connectivity index (χ1) is 13.0. The number of aliphatic hydroxyl groups is 1. The van der Waals surface area contributed by atoms with Gasteiger partial charge < -0.3 is 27.5 Å². The van der Waals surface area contributed by atoms with E-state index in [1.54, 1.807) is 6.08 Å². The molecule has 0 radical (unpaired) electrons. The first-order valence-corrected chi connectivity index (χ1v) is 14.5. The first-order valence-electron chi connectivity index (χ1n) is 10.6. The van der Waals surface area contributed by atoms with Crippen molar-refractivity contribution in [1.82, 2.24) is 0 Å². The lowest BCUT2D eigenvalue weighted by atomic mass is 10.1. The van der Waals surface area contributed by atoms with Gasteiger partial charge in [-0.3, -0.25) is 0 Å². The highest BCUT2D eigenvalue weighted by Crippen LogP contribution is 2.47. The molecular formula is C20H40O6Si2. The lowest BCUT2D eigenvalue weighted by Gasteiger charge is -2.51. The molecule has 0 amide bonds. The lowest BCUT2D eigenvalue weighted by molar-refractivity contribution is -0.143. The second-order valence-electron chi connectivity index (χ2n) is 9.21. The minimum Gasteiger partial charge on any atom is -0.414 e. The summed E-state index contributed by atoms with van der Waals surface area (Å²) in [5.74, 6) is 0. The summed E-state index contributed by atoms with van der Waals surface area (Å²) in [6.07, 6.45) is -0.745. The fraction of sp³-hybridized carbons (Fsp3) is 0.900. The molecule has 0 aromatic rings. The van der Waals surface area contributed by atoms with Crippen LogP contribution in [-0.4, -0.2) is 60.0 Å². The molecule has 1 N–H and O–H groups in total. The Morgan fingerprint density at radius 3 is 2.00 bits per heavy atom. The van der Waals surface area contributed by atoms with Crippen molar-refractivity contribution in [3.63, 3.8) is 0 Å². The summed E-state index contributed by atoms with van der Waals surface area (Å²) in [4.78, 5) is 0. The fourth-order valence-corrected chi connectivity index (χ4v) is 15.7. The number of rotatable bonds is 7. The molecule has 4 atom stereocenters. The van der Waals surface area contributed by atoms with Gasteiger partial charge in [0.1, 0.15) is 18.3 Å². The van der Waals surface area contributed by atoms with Crippen LogP contribution in [0.2, 0.25) is 22.2 Å². The second-order valence-corrected chi connectivity index (χ2v) is 18.1. The molecule has 0 spiro atoms. The molecule has 28 heavy (non-hydrogen) atoms. The van der Waals surface area contributed by atoms with Gasteiger partial charge in [-0.25, -0.2) is 0 Å². The average Bonchev–Trinajstić information content (AvgIpc) is 2.86. The van der Waals surface area contributed by atoms with E-state index in [0.717, 1.165) is 0 Å². The van der Waals surface area contributed by atoms with Crippen LogP contribution in [0.5, 0.6) is 0 Å². The van der Waals surface area contributed by atoms with Crippen molar-refractivity contribution < 1.29 is 27.5 Å². The van der Waals surface area contributed by atoms with E-state index < -0.39 is 35.6 Å². The van der Waals surface area contributed by atoms with Crippen LogP contribution in [0, 0.1) is 0 Å². The smallest absolute Gasteiger partial charge is 0.335 e. The minimum absolute atomic E-state index is 0.219. The maximum atomic E-state index is 10.5. The Bertz CT molecular complexity index is 509. The summed E-state index contributed by atoms with van der Waals surface area (Å²) in [5, 5.41) is 10.5. The molecule has 2 aliphatic rings. The number of ether oxygens (including phenoxy) is 2. The zero-order chi connectivity index (χ0) is 21.3. The van der Waals surface area contributed by atoms with Gasteiger partial charge in [0.05, 0.1) is 13.2 Å². The summed E-state index contributed by atoms with van der Waals surface area (Å²) in [6.45, 7) is 21.8. The van der Waals surface area contributed by atoms with E-state index in [-0.39, 0.29) is 28.3 Å². The van der Waals surface area contributed by atoms with Gasteiger partial charge in [-0.1, -0.05) is 61.5 Å². The van der Waals surface area contributed by atoms with Gasteiger partial charge in [0.25, 0.3) is 0 Å². The fourth-order valence-electron chi connectivity index (χ4n) is 4.48. The normalized spacial score (nSPS) is 32.6. The number of fused-ring (bicyclic) bond motifs is 1. The predicted octanol–water partition coefficient (Wildman–Crippen LogP) is 4.23. The number of aliphatic hydroxyl groups excluding tert-OH is 1. The van der Waals surface area contributed by atoms with Gasteiger partial charge in [0, 0.05) is 0 Å². The standard InChI is InChI=1S/C20H40O6Si2/c1-10-11-22-19-18-17(24-20(19)21)12-23-27(13(2)3,14(4)5)26-28(25-18,15(6)7)16(8)9/h10,13-21H,1,11-12H2,2-9H3/t17-,18-,19-,20?/m1/s1. The zero-order valence-corrected chi connectivity index (χ0v) is 20.8. The molecule has 164 valence electrons. The van der Waals surface area contributed by atoms with E-state index in [1.165, 1.54) is 0 Å². The molecule has 2 heterocycles. The molecule has 0 aromatic carbocycles. The molecule has 0 aliphatic carbocycles. The van der Waals surface area contributed by atoms with E-state index in [2.05, 4.69) is 62.0 Å². The third-order valence-corrected chi connectivity index (χ3v) is 16.3. The minimum atomic E-state index is -2.74. The third kappa shape index (κ3) is 4.34. The monoisotopic (exact) mass is 432 g/mol. The van der Waals surface area contributed by atoms with Crippen molar-refractivity contribution in [2.24, 2.45) is 0 Å². The molecule has 2 aliphatic heterocycles. The Hall–Kier alpha value is -0.0662. The Labute approximate surface area is 173 Å². The van der Waals surface area contributed by atoms with E-state index >= 15 is 0 Å². The quantitative estimate of drug-likeness (QED) is 0.480. The first kappa shape index (κ1) is 24.2. The van der Waals surface area contributed by atoms with Gasteiger partial charge in [0.2, 0.25) is 0 Å². The topological polar surface area (TPSA) is 66.4 Å². The van der Waals surface area contributed by atoms with Crippen LogP contribution in [0.15, 0.2) is 12.7 Å². The van der Waals surface area contributed by atoms with Crippen molar-refractivity contribution in [1.29, 1.82) is 0 Å². The number of hydrogen-bond acceptors (Lipinski definition) is 6. The molecule has 2 saturated heterocycles. The third-order valence-electron chi connectivity index (χ3n) is 6.02. The Balaban J connectivity index is 2.51. The van der Waals surface area contributed by atoms with Crippen LogP contribution in [0.3, 0.4) is 0 Å². The van der Waals surface area contributed by atoms with Gasteiger partial charge in [-0.05, 0) is 22.2 Å². The largest absolute Gasteiger partial charge is 0.414 e. The van der Waals surface area contributed by atoms with Crippen LogP contribution >= 0.6 is 0 Å². The van der Waals surface area contributed by atoms with Gasteiger partial charge in [-0.2, -0.15) is 0 Å². The second kappa shape index (κ2) is 9.38. The summed E-state index contributed by atoms with van der Waals surface area (Å²) in [5.41, 5.74) is 0.987. The Morgan fingerprint density at radius 2 is 1.54 bits per heavy atom. The van der Waals surface area contributed by atoms with Crippen molar-refractivity contribution in [3.05, 3.63) is 12.7 Å².